The highest BCUT2D eigenvalue weighted by Crippen LogP contribution is 2.12. The Hall–Kier alpha value is -2.36. The molecule has 0 radical (unpaired) electrons. The molecule has 0 fully saturated rings. The van der Waals surface area contributed by atoms with Crippen LogP contribution in [0.5, 0.6) is 0 Å². The van der Waals surface area contributed by atoms with Crippen LogP contribution in [0.4, 0.5) is 5.69 Å². The molecule has 0 aliphatic heterocycles. The molecular formula is C15H17N3O. The normalized spacial score (nSPS) is 9.95. The van der Waals surface area contributed by atoms with Crippen LogP contribution >= 0.6 is 0 Å². The van der Waals surface area contributed by atoms with Crippen LogP contribution in [0.2, 0.25) is 0 Å². The van der Waals surface area contributed by atoms with E-state index in [2.05, 4.69) is 15.6 Å². The molecule has 19 heavy (non-hydrogen) atoms. The topological polar surface area (TPSA) is 54.0 Å². The average Bonchev–Trinajstić information content (AvgIpc) is 2.45. The van der Waals surface area contributed by atoms with E-state index >= 15 is 0 Å². The third-order valence-corrected chi connectivity index (χ3v) is 2.82. The van der Waals surface area contributed by atoms with Gasteiger partial charge in [-0.25, -0.2) is 0 Å². The van der Waals surface area contributed by atoms with Crippen molar-refractivity contribution >= 4 is 11.6 Å². The van der Waals surface area contributed by atoms with E-state index in [1.54, 1.807) is 12.4 Å². The van der Waals surface area contributed by atoms with Crippen molar-refractivity contribution in [2.45, 2.75) is 13.5 Å². The summed E-state index contributed by atoms with van der Waals surface area (Å²) in [4.78, 5) is 15.6. The van der Waals surface area contributed by atoms with Crippen molar-refractivity contribution in [1.29, 1.82) is 0 Å². The number of carbonyl (C=O) groups is 1. The van der Waals surface area contributed by atoms with Crippen LogP contribution in [0.25, 0.3) is 0 Å². The van der Waals surface area contributed by atoms with E-state index in [-0.39, 0.29) is 12.5 Å². The second kappa shape index (κ2) is 6.54. The van der Waals surface area contributed by atoms with Crippen LogP contribution in [0.1, 0.15) is 11.1 Å². The van der Waals surface area contributed by atoms with Gasteiger partial charge in [0.15, 0.2) is 0 Å². The number of amides is 1. The van der Waals surface area contributed by atoms with Gasteiger partial charge in [-0.15, -0.1) is 0 Å². The number of anilines is 1. The highest BCUT2D eigenvalue weighted by molar-refractivity contribution is 5.80. The van der Waals surface area contributed by atoms with Gasteiger partial charge in [0.2, 0.25) is 5.91 Å². The number of aryl methyl sites for hydroxylation is 1. The maximum atomic E-state index is 11.7. The Morgan fingerprint density at radius 3 is 2.63 bits per heavy atom. The lowest BCUT2D eigenvalue weighted by atomic mass is 10.2. The minimum atomic E-state index is -0.0277. The highest BCUT2D eigenvalue weighted by Gasteiger charge is 2.02. The minimum absolute atomic E-state index is 0.0277. The van der Waals surface area contributed by atoms with Gasteiger partial charge in [-0.05, 0) is 36.2 Å². The van der Waals surface area contributed by atoms with Crippen LogP contribution in [0.15, 0.2) is 48.8 Å². The summed E-state index contributed by atoms with van der Waals surface area (Å²) in [7, 11) is 0. The van der Waals surface area contributed by atoms with Crippen molar-refractivity contribution in [3.8, 4) is 0 Å². The zero-order valence-electron chi connectivity index (χ0n) is 10.9. The lowest BCUT2D eigenvalue weighted by Gasteiger charge is -2.09. The number of benzene rings is 1. The predicted octanol–water partition coefficient (Wildman–Crippen LogP) is 2.12. The molecule has 0 saturated heterocycles. The summed E-state index contributed by atoms with van der Waals surface area (Å²) in [6.07, 6.45) is 3.43. The van der Waals surface area contributed by atoms with E-state index in [1.807, 2.05) is 43.3 Å². The van der Waals surface area contributed by atoms with E-state index in [0.717, 1.165) is 16.8 Å². The lowest BCUT2D eigenvalue weighted by Crippen LogP contribution is -2.29. The standard InChI is InChI=1S/C15H17N3O/c1-12-4-2-3-5-14(12)17-11-15(19)18-10-13-6-8-16-9-7-13/h2-9,17H,10-11H2,1H3,(H,18,19). The van der Waals surface area contributed by atoms with E-state index in [4.69, 9.17) is 0 Å². The summed E-state index contributed by atoms with van der Waals surface area (Å²) in [5, 5.41) is 5.98. The van der Waals surface area contributed by atoms with Crippen molar-refractivity contribution in [2.24, 2.45) is 0 Å². The van der Waals surface area contributed by atoms with Crippen LogP contribution in [-0.4, -0.2) is 17.4 Å². The second-order valence-electron chi connectivity index (χ2n) is 4.30. The molecule has 1 aromatic carbocycles. The number of nitrogens with zero attached hydrogens (tertiary/aromatic N) is 1. The quantitative estimate of drug-likeness (QED) is 0.860. The lowest BCUT2D eigenvalue weighted by molar-refractivity contribution is -0.119. The molecule has 2 N–H and O–H groups in total. The van der Waals surface area contributed by atoms with Gasteiger partial charge in [-0.3, -0.25) is 9.78 Å². The predicted molar refractivity (Wildman–Crippen MR) is 75.8 cm³/mol. The maximum Gasteiger partial charge on any atom is 0.239 e. The third kappa shape index (κ3) is 4.10. The molecule has 0 unspecified atom stereocenters. The van der Waals surface area contributed by atoms with Gasteiger partial charge in [-0.2, -0.15) is 0 Å². The van der Waals surface area contributed by atoms with Gasteiger partial charge in [0.1, 0.15) is 0 Å². The van der Waals surface area contributed by atoms with Crippen LogP contribution in [0.3, 0.4) is 0 Å². The Balaban J connectivity index is 1.78. The monoisotopic (exact) mass is 255 g/mol. The fraction of sp³-hybridized carbons (Fsp3) is 0.200. The Morgan fingerprint density at radius 2 is 1.89 bits per heavy atom. The summed E-state index contributed by atoms with van der Waals surface area (Å²) < 4.78 is 0. The fourth-order valence-electron chi connectivity index (χ4n) is 1.71. The Labute approximate surface area is 112 Å². The summed E-state index contributed by atoms with van der Waals surface area (Å²) >= 11 is 0. The Morgan fingerprint density at radius 1 is 1.16 bits per heavy atom. The molecule has 1 aromatic heterocycles. The van der Waals surface area contributed by atoms with Gasteiger partial charge in [0.05, 0.1) is 6.54 Å². The van der Waals surface area contributed by atoms with Crippen molar-refractivity contribution in [1.82, 2.24) is 10.3 Å². The van der Waals surface area contributed by atoms with Crippen LogP contribution in [-0.2, 0) is 11.3 Å². The molecule has 0 saturated carbocycles. The molecule has 4 nitrogen and oxygen atoms in total. The SMILES string of the molecule is Cc1ccccc1NCC(=O)NCc1ccncc1. The number of hydrogen-bond donors (Lipinski definition) is 2. The number of para-hydroxylation sites is 1. The molecule has 2 rings (SSSR count). The van der Waals surface area contributed by atoms with Gasteiger partial charge in [0, 0.05) is 24.6 Å². The fourth-order valence-corrected chi connectivity index (χ4v) is 1.71. The number of hydrogen-bond acceptors (Lipinski definition) is 3. The zero-order valence-corrected chi connectivity index (χ0v) is 10.9. The zero-order chi connectivity index (χ0) is 13.5. The third-order valence-electron chi connectivity index (χ3n) is 2.82. The van der Waals surface area contributed by atoms with E-state index in [1.165, 1.54) is 0 Å². The molecule has 0 bridgehead atoms. The smallest absolute Gasteiger partial charge is 0.239 e. The van der Waals surface area contributed by atoms with E-state index < -0.39 is 0 Å². The molecule has 0 spiro atoms. The summed E-state index contributed by atoms with van der Waals surface area (Å²) in [6.45, 7) is 2.81. The highest BCUT2D eigenvalue weighted by atomic mass is 16.1. The van der Waals surface area contributed by atoms with E-state index in [0.29, 0.717) is 6.54 Å². The first-order valence-corrected chi connectivity index (χ1v) is 6.21. The second-order valence-corrected chi connectivity index (χ2v) is 4.30. The molecule has 1 amide bonds. The minimum Gasteiger partial charge on any atom is -0.376 e. The molecule has 1 heterocycles. The first kappa shape index (κ1) is 13.1. The van der Waals surface area contributed by atoms with Gasteiger partial charge in [0.25, 0.3) is 0 Å². The summed E-state index contributed by atoms with van der Waals surface area (Å²) in [5.74, 6) is -0.0277. The molecule has 2 aromatic rings. The van der Waals surface area contributed by atoms with Gasteiger partial charge < -0.3 is 10.6 Å². The van der Waals surface area contributed by atoms with Crippen molar-refractivity contribution in [3.05, 3.63) is 59.9 Å². The molecule has 0 atom stereocenters. The largest absolute Gasteiger partial charge is 0.376 e. The number of aromatic nitrogens is 1. The number of carbonyl (C=O) groups excluding carboxylic acids is 1. The number of rotatable bonds is 5. The maximum absolute atomic E-state index is 11.7. The molecular weight excluding hydrogens is 238 g/mol. The summed E-state index contributed by atoms with van der Waals surface area (Å²) in [6, 6.07) is 11.7. The molecule has 0 aliphatic carbocycles. The van der Waals surface area contributed by atoms with Crippen molar-refractivity contribution < 1.29 is 4.79 Å². The van der Waals surface area contributed by atoms with Crippen LogP contribution < -0.4 is 10.6 Å². The van der Waals surface area contributed by atoms with Crippen molar-refractivity contribution in [3.63, 3.8) is 0 Å². The number of pyridine rings is 1. The molecule has 98 valence electrons. The van der Waals surface area contributed by atoms with Gasteiger partial charge in [-0.1, -0.05) is 18.2 Å². The Kier molecular flexibility index (Phi) is 4.50. The average molecular weight is 255 g/mol. The number of nitrogens with one attached hydrogen (secondary N) is 2. The first-order valence-electron chi connectivity index (χ1n) is 6.21. The molecule has 4 heteroatoms. The Bertz CT molecular complexity index is 540. The summed E-state index contributed by atoms with van der Waals surface area (Å²) in [5.41, 5.74) is 3.16. The van der Waals surface area contributed by atoms with Gasteiger partial charge >= 0.3 is 0 Å². The van der Waals surface area contributed by atoms with E-state index in [9.17, 15) is 4.79 Å². The molecule has 0 aliphatic rings. The first-order chi connectivity index (χ1) is 9.25. The van der Waals surface area contributed by atoms with Crippen molar-refractivity contribution in [2.75, 3.05) is 11.9 Å². The van der Waals surface area contributed by atoms with Crippen LogP contribution in [0, 0.1) is 6.92 Å².